The Kier molecular flexibility index (Phi) is 5.05. The number of nitro benzene ring substituents is 1. The number of anilines is 1. The zero-order valence-corrected chi connectivity index (χ0v) is 16.1. The highest BCUT2D eigenvalue weighted by atomic mass is 16.6. The summed E-state index contributed by atoms with van der Waals surface area (Å²) in [5, 5.41) is 10.8. The predicted octanol–water partition coefficient (Wildman–Crippen LogP) is 0.967. The number of piperazine rings is 1. The monoisotopic (exact) mass is 387 g/mol. The van der Waals surface area contributed by atoms with E-state index in [0.29, 0.717) is 13.1 Å². The zero-order valence-electron chi connectivity index (χ0n) is 16.1. The van der Waals surface area contributed by atoms with Crippen LogP contribution in [0, 0.1) is 15.5 Å². The van der Waals surface area contributed by atoms with Crippen LogP contribution in [0.15, 0.2) is 24.3 Å². The minimum atomic E-state index is -0.407. The number of carbonyl (C=O) groups excluding carboxylic acids is 2. The Morgan fingerprint density at radius 1 is 1.04 bits per heavy atom. The van der Waals surface area contributed by atoms with E-state index in [1.54, 1.807) is 12.1 Å². The summed E-state index contributed by atoms with van der Waals surface area (Å²) >= 11 is 0. The van der Waals surface area contributed by atoms with Crippen molar-refractivity contribution in [3.8, 4) is 0 Å². The SMILES string of the molecule is O=C1CC2(CCCCC2)C(=O)N1C[NH+]1CCN(c2ccc([N+](=O)[O-])cc2)CC1. The van der Waals surface area contributed by atoms with Gasteiger partial charge in [0.2, 0.25) is 11.8 Å². The second kappa shape index (κ2) is 7.50. The number of hydrogen-bond acceptors (Lipinski definition) is 5. The Balaban J connectivity index is 1.33. The second-order valence-corrected chi connectivity index (χ2v) is 8.31. The van der Waals surface area contributed by atoms with Gasteiger partial charge in [-0.1, -0.05) is 19.3 Å². The lowest BCUT2D eigenvalue weighted by Crippen LogP contribution is -3.16. The van der Waals surface area contributed by atoms with Crippen LogP contribution in [0.4, 0.5) is 11.4 Å². The highest BCUT2D eigenvalue weighted by Crippen LogP contribution is 2.44. The summed E-state index contributed by atoms with van der Waals surface area (Å²) in [6, 6.07) is 6.62. The number of nitrogens with zero attached hydrogens (tertiary/aromatic N) is 3. The topological polar surface area (TPSA) is 88.2 Å². The predicted molar refractivity (Wildman–Crippen MR) is 103 cm³/mol. The van der Waals surface area contributed by atoms with Gasteiger partial charge in [0.15, 0.2) is 6.67 Å². The molecule has 2 saturated heterocycles. The third-order valence-electron chi connectivity index (χ3n) is 6.58. The number of carbonyl (C=O) groups is 2. The molecule has 1 aromatic carbocycles. The van der Waals surface area contributed by atoms with Crippen LogP contribution in [-0.4, -0.2) is 54.5 Å². The summed E-state index contributed by atoms with van der Waals surface area (Å²) in [6.07, 6.45) is 5.38. The van der Waals surface area contributed by atoms with Gasteiger partial charge < -0.3 is 9.80 Å². The van der Waals surface area contributed by atoms with Crippen molar-refractivity contribution in [2.75, 3.05) is 37.7 Å². The molecule has 1 aromatic rings. The van der Waals surface area contributed by atoms with Gasteiger partial charge in [-0.3, -0.25) is 19.7 Å². The highest BCUT2D eigenvalue weighted by Gasteiger charge is 2.52. The lowest BCUT2D eigenvalue weighted by molar-refractivity contribution is -0.908. The molecule has 2 amide bonds. The van der Waals surface area contributed by atoms with Crippen molar-refractivity contribution < 1.29 is 19.4 Å². The molecule has 4 rings (SSSR count). The van der Waals surface area contributed by atoms with Crippen LogP contribution in [0.3, 0.4) is 0 Å². The largest absolute Gasteiger partial charge is 0.360 e. The van der Waals surface area contributed by atoms with Crippen molar-refractivity contribution in [2.45, 2.75) is 38.5 Å². The quantitative estimate of drug-likeness (QED) is 0.472. The number of quaternary nitrogens is 1. The first-order valence-corrected chi connectivity index (χ1v) is 10.2. The molecule has 150 valence electrons. The van der Waals surface area contributed by atoms with Crippen molar-refractivity contribution in [2.24, 2.45) is 5.41 Å². The number of nitrogens with one attached hydrogen (secondary N) is 1. The molecule has 0 unspecified atom stereocenters. The molecule has 1 spiro atoms. The molecule has 0 aromatic heterocycles. The fourth-order valence-corrected chi connectivity index (χ4v) is 4.89. The minimum absolute atomic E-state index is 0.00259. The Labute approximate surface area is 164 Å². The number of benzene rings is 1. The first kappa shape index (κ1) is 18.9. The fraction of sp³-hybridized carbons (Fsp3) is 0.600. The van der Waals surface area contributed by atoms with Crippen LogP contribution in [0.5, 0.6) is 0 Å². The van der Waals surface area contributed by atoms with Crippen LogP contribution in [0.25, 0.3) is 0 Å². The maximum atomic E-state index is 13.0. The fourth-order valence-electron chi connectivity index (χ4n) is 4.89. The van der Waals surface area contributed by atoms with Crippen LogP contribution in [0.2, 0.25) is 0 Å². The molecule has 8 nitrogen and oxygen atoms in total. The Hall–Kier alpha value is -2.48. The van der Waals surface area contributed by atoms with E-state index in [4.69, 9.17) is 0 Å². The zero-order chi connectivity index (χ0) is 19.7. The Morgan fingerprint density at radius 2 is 1.68 bits per heavy atom. The van der Waals surface area contributed by atoms with Gasteiger partial charge >= 0.3 is 0 Å². The lowest BCUT2D eigenvalue weighted by Gasteiger charge is -2.35. The van der Waals surface area contributed by atoms with Gasteiger partial charge in [-0.2, -0.15) is 0 Å². The summed E-state index contributed by atoms with van der Waals surface area (Å²) < 4.78 is 0. The number of amides is 2. The summed E-state index contributed by atoms with van der Waals surface area (Å²) in [6.45, 7) is 3.73. The Morgan fingerprint density at radius 3 is 2.29 bits per heavy atom. The maximum absolute atomic E-state index is 13.0. The van der Waals surface area contributed by atoms with Crippen molar-refractivity contribution >= 4 is 23.2 Å². The van der Waals surface area contributed by atoms with E-state index < -0.39 is 10.3 Å². The maximum Gasteiger partial charge on any atom is 0.269 e. The highest BCUT2D eigenvalue weighted by molar-refractivity contribution is 6.05. The van der Waals surface area contributed by atoms with Gasteiger partial charge in [0, 0.05) is 24.2 Å². The lowest BCUT2D eigenvalue weighted by atomic mass is 9.73. The second-order valence-electron chi connectivity index (χ2n) is 8.31. The number of hydrogen-bond donors (Lipinski definition) is 1. The third-order valence-corrected chi connectivity index (χ3v) is 6.58. The molecular formula is C20H27N4O4+. The van der Waals surface area contributed by atoms with E-state index in [2.05, 4.69) is 4.90 Å². The number of non-ortho nitro benzene ring substituents is 1. The van der Waals surface area contributed by atoms with Crippen LogP contribution < -0.4 is 9.80 Å². The number of imide groups is 1. The van der Waals surface area contributed by atoms with Crippen molar-refractivity contribution in [3.05, 3.63) is 34.4 Å². The van der Waals surface area contributed by atoms with E-state index in [1.165, 1.54) is 28.4 Å². The van der Waals surface area contributed by atoms with Gasteiger partial charge in [-0.15, -0.1) is 0 Å². The van der Waals surface area contributed by atoms with E-state index in [9.17, 15) is 19.7 Å². The van der Waals surface area contributed by atoms with Gasteiger partial charge in [0.1, 0.15) is 0 Å². The minimum Gasteiger partial charge on any atom is -0.360 e. The normalized spacial score (nSPS) is 22.9. The van der Waals surface area contributed by atoms with Crippen LogP contribution >= 0.6 is 0 Å². The Bertz CT molecular complexity index is 765. The van der Waals surface area contributed by atoms with Crippen molar-refractivity contribution in [1.82, 2.24) is 4.90 Å². The average Bonchev–Trinajstić information content (AvgIpc) is 2.93. The molecule has 28 heavy (non-hydrogen) atoms. The van der Waals surface area contributed by atoms with Crippen LogP contribution in [-0.2, 0) is 9.59 Å². The summed E-state index contributed by atoms with van der Waals surface area (Å²) in [4.78, 5) is 40.9. The number of rotatable bonds is 4. The van der Waals surface area contributed by atoms with Gasteiger partial charge in [-0.25, -0.2) is 4.90 Å². The van der Waals surface area contributed by atoms with Crippen LogP contribution in [0.1, 0.15) is 38.5 Å². The summed E-state index contributed by atoms with van der Waals surface area (Å²) in [7, 11) is 0. The summed E-state index contributed by atoms with van der Waals surface area (Å²) in [5.41, 5.74) is 0.657. The molecule has 1 aliphatic carbocycles. The van der Waals surface area contributed by atoms with Gasteiger partial charge in [-0.05, 0) is 25.0 Å². The molecule has 1 saturated carbocycles. The summed E-state index contributed by atoms with van der Waals surface area (Å²) in [5.74, 6) is 0.0553. The van der Waals surface area contributed by atoms with Gasteiger partial charge in [0.05, 0.1) is 36.5 Å². The first-order chi connectivity index (χ1) is 13.5. The molecule has 0 bridgehead atoms. The molecule has 2 heterocycles. The van der Waals surface area contributed by atoms with E-state index in [0.717, 1.165) is 57.5 Å². The molecule has 2 aliphatic heterocycles. The van der Waals surface area contributed by atoms with E-state index in [1.807, 2.05) is 0 Å². The van der Waals surface area contributed by atoms with Crippen molar-refractivity contribution in [3.63, 3.8) is 0 Å². The average molecular weight is 387 g/mol. The van der Waals surface area contributed by atoms with Gasteiger partial charge in [0.25, 0.3) is 5.69 Å². The van der Waals surface area contributed by atoms with Crippen molar-refractivity contribution in [1.29, 1.82) is 0 Å². The number of nitro groups is 1. The first-order valence-electron chi connectivity index (χ1n) is 10.2. The van der Waals surface area contributed by atoms with E-state index >= 15 is 0 Å². The molecular weight excluding hydrogens is 360 g/mol. The smallest absolute Gasteiger partial charge is 0.269 e. The van der Waals surface area contributed by atoms with E-state index in [-0.39, 0.29) is 17.5 Å². The molecule has 3 fully saturated rings. The number of likely N-dealkylation sites (tertiary alicyclic amines) is 1. The molecule has 0 radical (unpaired) electrons. The molecule has 3 aliphatic rings. The molecule has 1 N–H and O–H groups in total. The third kappa shape index (κ3) is 3.48. The standard InChI is InChI=1S/C20H26N4O4/c25-18-14-20(8-2-1-3-9-20)19(26)23(18)15-21-10-12-22(13-11-21)16-4-6-17(7-5-16)24(27)28/h4-7H,1-3,8-15H2/p+1. The molecule has 0 atom stereocenters. The molecule has 8 heteroatoms.